The molecular formula is C6H17ClN2. The molecule has 0 rings (SSSR count). The quantitative estimate of drug-likeness (QED) is 0.586. The molecule has 0 atom stereocenters. The minimum Gasteiger partial charge on any atom is -0.324 e. The van der Waals surface area contributed by atoms with E-state index >= 15 is 0 Å². The Hall–Kier alpha value is 0.210. The maximum absolute atomic E-state index is 5.69. The molecular weight excluding hydrogens is 136 g/mol. The molecule has 0 aliphatic carbocycles. The first kappa shape index (κ1) is 11.9. The summed E-state index contributed by atoms with van der Waals surface area (Å²) >= 11 is 0. The summed E-state index contributed by atoms with van der Waals surface area (Å²) in [5.41, 5.74) is 10.8. The molecule has 0 radical (unpaired) electrons. The van der Waals surface area contributed by atoms with Gasteiger partial charge in [0.05, 0.1) is 0 Å². The second-order valence-electron chi connectivity index (χ2n) is 3.44. The molecule has 0 fully saturated rings. The van der Waals surface area contributed by atoms with Crippen LogP contribution in [0, 0.1) is 0 Å². The van der Waals surface area contributed by atoms with Gasteiger partial charge in [0.25, 0.3) is 0 Å². The molecule has 0 bridgehead atoms. The van der Waals surface area contributed by atoms with Crippen molar-refractivity contribution in [3.05, 3.63) is 0 Å². The van der Waals surface area contributed by atoms with Crippen LogP contribution in [0.15, 0.2) is 0 Å². The van der Waals surface area contributed by atoms with Crippen LogP contribution >= 0.6 is 12.4 Å². The average Bonchev–Trinajstić information content (AvgIpc) is 1.25. The van der Waals surface area contributed by atoms with E-state index in [1.807, 2.05) is 27.7 Å². The van der Waals surface area contributed by atoms with Crippen LogP contribution in [0.25, 0.3) is 0 Å². The minimum atomic E-state index is -0.285. The van der Waals surface area contributed by atoms with Gasteiger partial charge in [0.15, 0.2) is 0 Å². The van der Waals surface area contributed by atoms with Crippen LogP contribution in [0.4, 0.5) is 0 Å². The van der Waals surface area contributed by atoms with E-state index in [9.17, 15) is 0 Å². The van der Waals surface area contributed by atoms with Gasteiger partial charge in [-0.2, -0.15) is 0 Å². The SMILES string of the molecule is CC(C)(N)C(C)(C)N.Cl. The van der Waals surface area contributed by atoms with E-state index in [-0.39, 0.29) is 23.5 Å². The number of rotatable bonds is 1. The van der Waals surface area contributed by atoms with Gasteiger partial charge in [0, 0.05) is 11.1 Å². The molecule has 0 aromatic heterocycles. The molecule has 3 heteroatoms. The summed E-state index contributed by atoms with van der Waals surface area (Å²) in [6, 6.07) is 0. The summed E-state index contributed by atoms with van der Waals surface area (Å²) < 4.78 is 0. The Morgan fingerprint density at radius 3 is 0.889 bits per heavy atom. The average molecular weight is 153 g/mol. The highest BCUT2D eigenvalue weighted by molar-refractivity contribution is 5.85. The molecule has 9 heavy (non-hydrogen) atoms. The molecule has 0 aromatic rings. The molecule has 58 valence electrons. The largest absolute Gasteiger partial charge is 0.324 e. The normalized spacial score (nSPS) is 12.7. The fourth-order valence-corrected chi connectivity index (χ4v) is 0. The van der Waals surface area contributed by atoms with E-state index in [1.54, 1.807) is 0 Å². The summed E-state index contributed by atoms with van der Waals surface area (Å²) in [7, 11) is 0. The minimum absolute atomic E-state index is 0. The summed E-state index contributed by atoms with van der Waals surface area (Å²) in [5.74, 6) is 0. The molecule has 0 amide bonds. The van der Waals surface area contributed by atoms with Crippen molar-refractivity contribution >= 4 is 12.4 Å². The van der Waals surface area contributed by atoms with Gasteiger partial charge in [0.1, 0.15) is 0 Å². The van der Waals surface area contributed by atoms with Crippen molar-refractivity contribution in [2.24, 2.45) is 11.5 Å². The van der Waals surface area contributed by atoms with Crippen LogP contribution in [-0.4, -0.2) is 11.1 Å². The van der Waals surface area contributed by atoms with Gasteiger partial charge in [-0.15, -0.1) is 12.4 Å². The third-order valence-electron chi connectivity index (χ3n) is 1.66. The van der Waals surface area contributed by atoms with Crippen LogP contribution in [0.5, 0.6) is 0 Å². The van der Waals surface area contributed by atoms with Crippen molar-refractivity contribution in [1.82, 2.24) is 0 Å². The topological polar surface area (TPSA) is 52.0 Å². The van der Waals surface area contributed by atoms with Crippen molar-refractivity contribution in [2.45, 2.75) is 38.8 Å². The van der Waals surface area contributed by atoms with Crippen LogP contribution in [-0.2, 0) is 0 Å². The number of halogens is 1. The zero-order valence-electron chi connectivity index (χ0n) is 6.56. The first-order valence-electron chi connectivity index (χ1n) is 2.83. The maximum Gasteiger partial charge on any atom is 0.0274 e. The fraction of sp³-hybridized carbons (Fsp3) is 1.00. The lowest BCUT2D eigenvalue weighted by Gasteiger charge is -2.34. The van der Waals surface area contributed by atoms with Crippen molar-refractivity contribution < 1.29 is 0 Å². The van der Waals surface area contributed by atoms with E-state index in [1.165, 1.54) is 0 Å². The summed E-state index contributed by atoms with van der Waals surface area (Å²) in [5, 5.41) is 0. The van der Waals surface area contributed by atoms with Gasteiger partial charge in [-0.3, -0.25) is 0 Å². The van der Waals surface area contributed by atoms with E-state index < -0.39 is 0 Å². The highest BCUT2D eigenvalue weighted by Crippen LogP contribution is 2.13. The van der Waals surface area contributed by atoms with Gasteiger partial charge in [-0.05, 0) is 27.7 Å². The van der Waals surface area contributed by atoms with E-state index in [2.05, 4.69) is 0 Å². The second-order valence-corrected chi connectivity index (χ2v) is 3.44. The third kappa shape index (κ3) is 3.73. The van der Waals surface area contributed by atoms with Crippen molar-refractivity contribution in [3.63, 3.8) is 0 Å². The number of nitrogens with two attached hydrogens (primary N) is 2. The second kappa shape index (κ2) is 2.86. The molecule has 4 N–H and O–H groups in total. The molecule has 0 unspecified atom stereocenters. The Balaban J connectivity index is 0. The number of hydrogen-bond acceptors (Lipinski definition) is 2. The molecule has 0 aliphatic rings. The Labute approximate surface area is 63.4 Å². The molecule has 0 aliphatic heterocycles. The fourth-order valence-electron chi connectivity index (χ4n) is 0. The van der Waals surface area contributed by atoms with Crippen molar-refractivity contribution in [3.8, 4) is 0 Å². The zero-order valence-corrected chi connectivity index (χ0v) is 7.38. The zero-order chi connectivity index (χ0) is 7.00. The van der Waals surface area contributed by atoms with Crippen molar-refractivity contribution in [1.29, 1.82) is 0 Å². The van der Waals surface area contributed by atoms with Crippen LogP contribution in [0.1, 0.15) is 27.7 Å². The Kier molecular flexibility index (Phi) is 3.80. The summed E-state index contributed by atoms with van der Waals surface area (Å²) in [6.45, 7) is 7.69. The lowest BCUT2D eigenvalue weighted by atomic mass is 9.85. The summed E-state index contributed by atoms with van der Waals surface area (Å²) in [6.07, 6.45) is 0. The van der Waals surface area contributed by atoms with Gasteiger partial charge in [-0.1, -0.05) is 0 Å². The predicted octanol–water partition coefficient (Wildman–Crippen LogP) is 0.883. The predicted molar refractivity (Wildman–Crippen MR) is 43.8 cm³/mol. The summed E-state index contributed by atoms with van der Waals surface area (Å²) in [4.78, 5) is 0. The highest BCUT2D eigenvalue weighted by atomic mass is 35.5. The van der Waals surface area contributed by atoms with Crippen LogP contribution in [0.3, 0.4) is 0 Å². The lowest BCUT2D eigenvalue weighted by Crippen LogP contribution is -2.58. The highest BCUT2D eigenvalue weighted by Gasteiger charge is 2.28. The molecule has 0 spiro atoms. The maximum atomic E-state index is 5.69. The lowest BCUT2D eigenvalue weighted by molar-refractivity contribution is 0.309. The monoisotopic (exact) mass is 152 g/mol. The molecule has 0 heterocycles. The molecule has 0 saturated carbocycles. The van der Waals surface area contributed by atoms with Gasteiger partial charge in [-0.25, -0.2) is 0 Å². The Bertz CT molecular complexity index is 66.0. The molecule has 0 saturated heterocycles. The Morgan fingerprint density at radius 2 is 0.889 bits per heavy atom. The molecule has 0 aromatic carbocycles. The van der Waals surface area contributed by atoms with Gasteiger partial charge >= 0.3 is 0 Å². The van der Waals surface area contributed by atoms with Crippen LogP contribution in [0.2, 0.25) is 0 Å². The van der Waals surface area contributed by atoms with Crippen LogP contribution < -0.4 is 11.5 Å². The number of hydrogen-bond donors (Lipinski definition) is 2. The van der Waals surface area contributed by atoms with Gasteiger partial charge in [0.2, 0.25) is 0 Å². The Morgan fingerprint density at radius 1 is 0.778 bits per heavy atom. The standard InChI is InChI=1S/C6H16N2.ClH/c1-5(2,7)6(3,4)8;/h7-8H2,1-4H3;1H. The third-order valence-corrected chi connectivity index (χ3v) is 1.66. The van der Waals surface area contributed by atoms with E-state index in [0.717, 1.165) is 0 Å². The van der Waals surface area contributed by atoms with Crippen molar-refractivity contribution in [2.75, 3.05) is 0 Å². The first-order chi connectivity index (χ1) is 3.25. The van der Waals surface area contributed by atoms with Gasteiger partial charge < -0.3 is 11.5 Å². The first-order valence-corrected chi connectivity index (χ1v) is 2.83. The molecule has 2 nitrogen and oxygen atoms in total. The van der Waals surface area contributed by atoms with E-state index in [4.69, 9.17) is 11.5 Å². The van der Waals surface area contributed by atoms with E-state index in [0.29, 0.717) is 0 Å². The smallest absolute Gasteiger partial charge is 0.0274 e.